The van der Waals surface area contributed by atoms with Gasteiger partial charge in [0.25, 0.3) is 0 Å². The fraction of sp³-hybridized carbons (Fsp3) is 0.0870. The topological polar surface area (TPSA) is 86.0 Å². The van der Waals surface area contributed by atoms with Crippen LogP contribution in [-0.2, 0) is 6.42 Å². The Hall–Kier alpha value is -3.91. The maximum atomic E-state index is 11.1. The molecule has 1 aromatic heterocycles. The van der Waals surface area contributed by atoms with Gasteiger partial charge in [-0.2, -0.15) is 5.26 Å². The molecule has 4 aromatic rings. The van der Waals surface area contributed by atoms with E-state index in [0.717, 1.165) is 40.3 Å². The van der Waals surface area contributed by atoms with Gasteiger partial charge in [-0.05, 0) is 59.2 Å². The van der Waals surface area contributed by atoms with Crippen molar-refractivity contribution in [3.63, 3.8) is 0 Å². The van der Waals surface area contributed by atoms with Crippen LogP contribution in [-0.4, -0.2) is 22.6 Å². The number of aromatic carboxylic acids is 1. The van der Waals surface area contributed by atoms with E-state index in [-0.39, 0.29) is 0 Å². The number of hydrogen-bond acceptors (Lipinski definition) is 4. The maximum absolute atomic E-state index is 11.1. The van der Waals surface area contributed by atoms with Gasteiger partial charge in [0.05, 0.1) is 22.7 Å². The van der Waals surface area contributed by atoms with E-state index in [2.05, 4.69) is 22.4 Å². The van der Waals surface area contributed by atoms with Gasteiger partial charge in [0, 0.05) is 23.8 Å². The van der Waals surface area contributed by atoms with Gasteiger partial charge in [-0.25, -0.2) is 4.79 Å². The fourth-order valence-corrected chi connectivity index (χ4v) is 3.30. The van der Waals surface area contributed by atoms with Crippen LogP contribution >= 0.6 is 0 Å². The van der Waals surface area contributed by atoms with Crippen molar-refractivity contribution >= 4 is 33.3 Å². The molecule has 3 aromatic carbocycles. The highest BCUT2D eigenvalue weighted by Gasteiger charge is 2.06. The number of rotatable bonds is 5. The Balaban J connectivity index is 1.51. The van der Waals surface area contributed by atoms with Crippen LogP contribution in [0.25, 0.3) is 21.7 Å². The molecule has 4 rings (SSSR count). The first-order valence-corrected chi connectivity index (χ1v) is 8.93. The van der Waals surface area contributed by atoms with Gasteiger partial charge in [0.1, 0.15) is 0 Å². The van der Waals surface area contributed by atoms with Crippen LogP contribution in [0.5, 0.6) is 0 Å². The number of nitrogens with zero attached hydrogens (tertiary/aromatic N) is 2. The molecule has 0 spiro atoms. The molecule has 0 saturated carbocycles. The summed E-state index contributed by atoms with van der Waals surface area (Å²) in [7, 11) is 0. The van der Waals surface area contributed by atoms with Crippen LogP contribution in [0.2, 0.25) is 0 Å². The maximum Gasteiger partial charge on any atom is 0.335 e. The van der Waals surface area contributed by atoms with E-state index in [0.29, 0.717) is 11.1 Å². The highest BCUT2D eigenvalue weighted by Crippen LogP contribution is 2.23. The quantitative estimate of drug-likeness (QED) is 0.538. The Kier molecular flexibility index (Phi) is 4.61. The molecule has 136 valence electrons. The van der Waals surface area contributed by atoms with E-state index in [1.54, 1.807) is 24.4 Å². The minimum absolute atomic E-state index is 0.295. The van der Waals surface area contributed by atoms with E-state index < -0.39 is 5.97 Å². The molecule has 0 radical (unpaired) electrons. The van der Waals surface area contributed by atoms with Crippen molar-refractivity contribution in [3.8, 4) is 6.07 Å². The normalized spacial score (nSPS) is 10.7. The largest absolute Gasteiger partial charge is 0.478 e. The Labute approximate surface area is 161 Å². The minimum Gasteiger partial charge on any atom is -0.478 e. The molecule has 0 aliphatic carbocycles. The van der Waals surface area contributed by atoms with Crippen molar-refractivity contribution in [2.45, 2.75) is 6.42 Å². The Morgan fingerprint density at radius 2 is 1.86 bits per heavy atom. The lowest BCUT2D eigenvalue weighted by Crippen LogP contribution is -2.05. The number of nitriles is 1. The summed E-state index contributed by atoms with van der Waals surface area (Å²) >= 11 is 0. The number of aromatic nitrogens is 1. The summed E-state index contributed by atoms with van der Waals surface area (Å²) in [6, 6.07) is 20.8. The van der Waals surface area contributed by atoms with Gasteiger partial charge in [-0.3, -0.25) is 4.98 Å². The third kappa shape index (κ3) is 3.49. The number of fused-ring (bicyclic) bond motifs is 2. The Bertz CT molecular complexity index is 1240. The summed E-state index contributed by atoms with van der Waals surface area (Å²) in [5.41, 5.74) is 3.87. The molecule has 0 amide bonds. The van der Waals surface area contributed by atoms with Crippen molar-refractivity contribution < 1.29 is 9.90 Å². The second-order valence-electron chi connectivity index (χ2n) is 6.58. The SMILES string of the molecule is N#Cc1ccc2nccc(NCCc3ccc4cc(C(=O)O)ccc4c3)c2c1. The summed E-state index contributed by atoms with van der Waals surface area (Å²) in [4.78, 5) is 15.4. The Morgan fingerprint density at radius 3 is 2.68 bits per heavy atom. The molecule has 0 aliphatic heterocycles. The van der Waals surface area contributed by atoms with Crippen molar-refractivity contribution in [3.05, 3.63) is 83.6 Å². The van der Waals surface area contributed by atoms with Gasteiger partial charge in [-0.1, -0.05) is 24.3 Å². The average molecular weight is 367 g/mol. The van der Waals surface area contributed by atoms with Gasteiger partial charge < -0.3 is 10.4 Å². The van der Waals surface area contributed by atoms with Crippen LogP contribution in [0.4, 0.5) is 5.69 Å². The van der Waals surface area contributed by atoms with Crippen molar-refractivity contribution in [1.29, 1.82) is 5.26 Å². The van der Waals surface area contributed by atoms with Gasteiger partial charge in [-0.15, -0.1) is 0 Å². The monoisotopic (exact) mass is 367 g/mol. The molecule has 0 unspecified atom stereocenters. The molecule has 5 nitrogen and oxygen atoms in total. The second kappa shape index (κ2) is 7.37. The molecule has 0 saturated heterocycles. The zero-order valence-corrected chi connectivity index (χ0v) is 15.0. The molecule has 2 N–H and O–H groups in total. The average Bonchev–Trinajstić information content (AvgIpc) is 2.73. The number of carboxylic acids is 1. The number of carbonyl (C=O) groups is 1. The number of benzene rings is 3. The highest BCUT2D eigenvalue weighted by molar-refractivity contribution is 5.94. The zero-order valence-electron chi connectivity index (χ0n) is 15.0. The standard InChI is InChI=1S/C23H17N3O2/c24-14-16-2-6-21-20(12-16)22(8-10-26-21)25-9-7-15-1-3-18-13-19(23(27)28)5-4-17(18)11-15/h1-6,8,10-13H,7,9H2,(H,25,26)(H,27,28). The molecule has 0 bridgehead atoms. The number of anilines is 1. The number of hydrogen-bond donors (Lipinski definition) is 2. The van der Waals surface area contributed by atoms with Crippen molar-refractivity contribution in [2.75, 3.05) is 11.9 Å². The molecule has 5 heteroatoms. The lowest BCUT2D eigenvalue weighted by atomic mass is 10.0. The fourth-order valence-electron chi connectivity index (χ4n) is 3.30. The first kappa shape index (κ1) is 17.5. The Morgan fingerprint density at radius 1 is 1.04 bits per heavy atom. The first-order valence-electron chi connectivity index (χ1n) is 8.93. The van der Waals surface area contributed by atoms with Crippen LogP contribution < -0.4 is 5.32 Å². The molecular weight excluding hydrogens is 350 g/mol. The predicted molar refractivity (Wildman–Crippen MR) is 110 cm³/mol. The minimum atomic E-state index is -0.917. The predicted octanol–water partition coefficient (Wildman–Crippen LogP) is 4.61. The number of pyridine rings is 1. The zero-order chi connectivity index (χ0) is 19.5. The van der Waals surface area contributed by atoms with Crippen LogP contribution in [0, 0.1) is 11.3 Å². The molecular formula is C23H17N3O2. The van der Waals surface area contributed by atoms with Crippen LogP contribution in [0.15, 0.2) is 66.9 Å². The van der Waals surface area contributed by atoms with E-state index in [9.17, 15) is 4.79 Å². The molecule has 0 aliphatic rings. The number of nitrogens with one attached hydrogen (secondary N) is 1. The number of carboxylic acid groups (broad SMARTS) is 1. The summed E-state index contributed by atoms with van der Waals surface area (Å²) in [6.07, 6.45) is 2.57. The lowest BCUT2D eigenvalue weighted by Gasteiger charge is -2.10. The first-order chi connectivity index (χ1) is 13.6. The van der Waals surface area contributed by atoms with E-state index in [1.807, 2.05) is 36.4 Å². The highest BCUT2D eigenvalue weighted by atomic mass is 16.4. The molecule has 1 heterocycles. The summed E-state index contributed by atoms with van der Waals surface area (Å²) in [5.74, 6) is -0.917. The van der Waals surface area contributed by atoms with Crippen LogP contribution in [0.3, 0.4) is 0 Å². The molecule has 28 heavy (non-hydrogen) atoms. The van der Waals surface area contributed by atoms with Gasteiger partial charge in [0.2, 0.25) is 0 Å². The lowest BCUT2D eigenvalue weighted by molar-refractivity contribution is 0.0697. The van der Waals surface area contributed by atoms with Gasteiger partial charge >= 0.3 is 5.97 Å². The third-order valence-corrected chi connectivity index (χ3v) is 4.75. The third-order valence-electron chi connectivity index (χ3n) is 4.75. The summed E-state index contributed by atoms with van der Waals surface area (Å²) in [5, 5.41) is 24.5. The van der Waals surface area contributed by atoms with Crippen molar-refractivity contribution in [2.24, 2.45) is 0 Å². The van der Waals surface area contributed by atoms with Crippen molar-refractivity contribution in [1.82, 2.24) is 4.98 Å². The van der Waals surface area contributed by atoms with E-state index >= 15 is 0 Å². The summed E-state index contributed by atoms with van der Waals surface area (Å²) in [6.45, 7) is 0.731. The smallest absolute Gasteiger partial charge is 0.335 e. The van der Waals surface area contributed by atoms with Gasteiger partial charge in [0.15, 0.2) is 0 Å². The molecule has 0 fully saturated rings. The van der Waals surface area contributed by atoms with E-state index in [4.69, 9.17) is 10.4 Å². The second-order valence-corrected chi connectivity index (χ2v) is 6.58. The van der Waals surface area contributed by atoms with Crippen LogP contribution in [0.1, 0.15) is 21.5 Å². The van der Waals surface area contributed by atoms with E-state index in [1.165, 1.54) is 5.56 Å². The molecule has 0 atom stereocenters. The summed E-state index contributed by atoms with van der Waals surface area (Å²) < 4.78 is 0.